The van der Waals surface area contributed by atoms with Gasteiger partial charge in [0.25, 0.3) is 0 Å². The number of halogens is 4. The monoisotopic (exact) mass is 291 g/mol. The Morgan fingerprint density at radius 3 is 2.19 bits per heavy atom. The number of aromatic nitrogens is 1. The fourth-order valence-electron chi connectivity index (χ4n) is 1.19. The zero-order valence-electron chi connectivity index (χ0n) is 7.75. The lowest BCUT2D eigenvalue weighted by molar-refractivity contribution is -0.137. The molecule has 0 saturated heterocycles. The third-order valence-corrected chi connectivity index (χ3v) is 2.30. The highest BCUT2D eigenvalue weighted by molar-refractivity contribution is 9.10. The maximum atomic E-state index is 12.3. The van der Waals surface area contributed by atoms with Gasteiger partial charge in [-0.3, -0.25) is 0 Å². The molecule has 6 heteroatoms. The van der Waals surface area contributed by atoms with Gasteiger partial charge in [0.2, 0.25) is 5.89 Å². The minimum Gasteiger partial charge on any atom is -0.429 e. The average molecular weight is 292 g/mol. The van der Waals surface area contributed by atoms with Crippen molar-refractivity contribution in [1.82, 2.24) is 4.98 Å². The van der Waals surface area contributed by atoms with Crippen molar-refractivity contribution in [2.45, 2.75) is 6.18 Å². The molecule has 84 valence electrons. The molecule has 0 aliphatic rings. The highest BCUT2D eigenvalue weighted by Crippen LogP contribution is 2.31. The summed E-state index contributed by atoms with van der Waals surface area (Å²) in [5.74, 6) is 0.278. The molecule has 0 unspecified atom stereocenters. The molecule has 0 radical (unpaired) electrons. The maximum Gasteiger partial charge on any atom is 0.416 e. The number of alkyl halides is 3. The van der Waals surface area contributed by atoms with Crippen molar-refractivity contribution < 1.29 is 17.6 Å². The van der Waals surface area contributed by atoms with Crippen molar-refractivity contribution >= 4 is 15.9 Å². The summed E-state index contributed by atoms with van der Waals surface area (Å²) in [5, 5.41) is 0. The Morgan fingerprint density at radius 1 is 1.12 bits per heavy atom. The van der Waals surface area contributed by atoms with E-state index in [2.05, 4.69) is 20.9 Å². The van der Waals surface area contributed by atoms with Crippen LogP contribution in [0.4, 0.5) is 13.2 Å². The van der Waals surface area contributed by atoms with Crippen LogP contribution in [0.1, 0.15) is 5.56 Å². The summed E-state index contributed by atoms with van der Waals surface area (Å²) in [5.41, 5.74) is -0.194. The van der Waals surface area contributed by atoms with Crippen molar-refractivity contribution in [1.29, 1.82) is 0 Å². The summed E-state index contributed by atoms with van der Waals surface area (Å²) >= 11 is 3.07. The summed E-state index contributed by atoms with van der Waals surface area (Å²) in [4.78, 5) is 3.88. The van der Waals surface area contributed by atoms with Crippen LogP contribution in [0.3, 0.4) is 0 Å². The van der Waals surface area contributed by atoms with Gasteiger partial charge < -0.3 is 4.42 Å². The van der Waals surface area contributed by atoms with E-state index < -0.39 is 11.7 Å². The van der Waals surface area contributed by atoms with E-state index in [0.717, 1.165) is 12.1 Å². The van der Waals surface area contributed by atoms with Gasteiger partial charge in [0.15, 0.2) is 4.67 Å². The third-order valence-electron chi connectivity index (χ3n) is 1.94. The standard InChI is InChI=1S/C10H5BrF3NO/c11-8-5-15-9(16-8)6-1-3-7(4-2-6)10(12,13)14/h1-5H. The molecule has 0 aliphatic carbocycles. The first-order valence-corrected chi connectivity index (χ1v) is 5.05. The van der Waals surface area contributed by atoms with Crippen LogP contribution in [0.5, 0.6) is 0 Å². The van der Waals surface area contributed by atoms with Crippen molar-refractivity contribution in [3.05, 3.63) is 40.7 Å². The second-order valence-corrected chi connectivity index (χ2v) is 3.83. The lowest BCUT2D eigenvalue weighted by atomic mass is 10.1. The van der Waals surface area contributed by atoms with E-state index in [-0.39, 0.29) is 5.89 Å². The van der Waals surface area contributed by atoms with Crippen molar-refractivity contribution in [3.63, 3.8) is 0 Å². The topological polar surface area (TPSA) is 26.0 Å². The molecule has 0 atom stereocenters. The van der Waals surface area contributed by atoms with Gasteiger partial charge in [-0.25, -0.2) is 4.98 Å². The molecule has 2 rings (SSSR count). The molecule has 0 bridgehead atoms. The molecular weight excluding hydrogens is 287 g/mol. The van der Waals surface area contributed by atoms with Crippen LogP contribution in [0.25, 0.3) is 11.5 Å². The number of hydrogen-bond acceptors (Lipinski definition) is 2. The smallest absolute Gasteiger partial charge is 0.416 e. The number of oxazole rings is 1. The fraction of sp³-hybridized carbons (Fsp3) is 0.100. The summed E-state index contributed by atoms with van der Waals surface area (Å²) in [6, 6.07) is 4.63. The quantitative estimate of drug-likeness (QED) is 0.790. The van der Waals surface area contributed by atoms with E-state index in [1.807, 2.05) is 0 Å². The van der Waals surface area contributed by atoms with Crippen LogP contribution < -0.4 is 0 Å². The second kappa shape index (κ2) is 3.93. The van der Waals surface area contributed by atoms with Crippen molar-refractivity contribution in [3.8, 4) is 11.5 Å². The highest BCUT2D eigenvalue weighted by Gasteiger charge is 2.30. The minimum absolute atomic E-state index is 0.278. The molecule has 0 spiro atoms. The van der Waals surface area contributed by atoms with E-state index in [1.54, 1.807) is 0 Å². The van der Waals surface area contributed by atoms with E-state index in [0.29, 0.717) is 10.2 Å². The van der Waals surface area contributed by atoms with Gasteiger partial charge in [0.1, 0.15) is 0 Å². The predicted octanol–water partition coefficient (Wildman–Crippen LogP) is 4.12. The summed E-state index contributed by atoms with van der Waals surface area (Å²) in [7, 11) is 0. The van der Waals surface area contributed by atoms with Crippen LogP contribution in [0.15, 0.2) is 39.5 Å². The largest absolute Gasteiger partial charge is 0.429 e. The Balaban J connectivity index is 2.33. The fourth-order valence-corrected chi connectivity index (χ4v) is 1.45. The minimum atomic E-state index is -4.32. The summed E-state index contributed by atoms with van der Waals surface area (Å²) in [6.07, 6.45) is -2.89. The Hall–Kier alpha value is -1.30. The first-order chi connectivity index (χ1) is 7.47. The molecule has 0 saturated carbocycles. The Labute approximate surface area is 97.2 Å². The molecular formula is C10H5BrF3NO. The molecule has 1 aromatic heterocycles. The van der Waals surface area contributed by atoms with Crippen LogP contribution in [-0.2, 0) is 6.18 Å². The Bertz CT molecular complexity index is 490. The molecule has 2 nitrogen and oxygen atoms in total. The molecule has 0 fully saturated rings. The first kappa shape index (κ1) is 11.2. The normalized spacial score (nSPS) is 11.8. The van der Waals surface area contributed by atoms with Crippen LogP contribution in [0.2, 0.25) is 0 Å². The second-order valence-electron chi connectivity index (χ2n) is 3.04. The van der Waals surface area contributed by atoms with Gasteiger partial charge in [-0.15, -0.1) is 0 Å². The van der Waals surface area contributed by atoms with Gasteiger partial charge >= 0.3 is 6.18 Å². The number of benzene rings is 1. The Morgan fingerprint density at radius 2 is 1.75 bits per heavy atom. The Kier molecular flexibility index (Phi) is 2.75. The lowest BCUT2D eigenvalue weighted by Gasteiger charge is -2.05. The SMILES string of the molecule is FC(F)(F)c1ccc(-c2ncc(Br)o2)cc1. The van der Waals surface area contributed by atoms with E-state index >= 15 is 0 Å². The van der Waals surface area contributed by atoms with E-state index in [4.69, 9.17) is 4.42 Å². The number of hydrogen-bond donors (Lipinski definition) is 0. The van der Waals surface area contributed by atoms with Gasteiger partial charge in [-0.1, -0.05) is 0 Å². The zero-order chi connectivity index (χ0) is 11.8. The maximum absolute atomic E-state index is 12.3. The highest BCUT2D eigenvalue weighted by atomic mass is 79.9. The molecule has 16 heavy (non-hydrogen) atoms. The molecule has 1 aromatic carbocycles. The van der Waals surface area contributed by atoms with Gasteiger partial charge in [0, 0.05) is 5.56 Å². The predicted molar refractivity (Wildman–Crippen MR) is 54.6 cm³/mol. The summed E-state index contributed by atoms with van der Waals surface area (Å²) < 4.78 is 42.4. The molecule has 1 heterocycles. The molecule has 2 aromatic rings. The summed E-state index contributed by atoms with van der Waals surface area (Å²) in [6.45, 7) is 0. The number of rotatable bonds is 1. The lowest BCUT2D eigenvalue weighted by Crippen LogP contribution is -2.03. The molecule has 0 N–H and O–H groups in total. The molecule has 0 amide bonds. The average Bonchev–Trinajstić information content (AvgIpc) is 2.64. The third kappa shape index (κ3) is 2.27. The van der Waals surface area contributed by atoms with Gasteiger partial charge in [-0.05, 0) is 40.2 Å². The van der Waals surface area contributed by atoms with Crippen LogP contribution in [0, 0.1) is 0 Å². The van der Waals surface area contributed by atoms with E-state index in [9.17, 15) is 13.2 Å². The van der Waals surface area contributed by atoms with Crippen molar-refractivity contribution in [2.75, 3.05) is 0 Å². The number of nitrogens with zero attached hydrogens (tertiary/aromatic N) is 1. The van der Waals surface area contributed by atoms with Gasteiger partial charge in [-0.2, -0.15) is 13.2 Å². The van der Waals surface area contributed by atoms with Crippen LogP contribution >= 0.6 is 15.9 Å². The van der Waals surface area contributed by atoms with Crippen molar-refractivity contribution in [2.24, 2.45) is 0 Å². The molecule has 0 aliphatic heterocycles. The zero-order valence-corrected chi connectivity index (χ0v) is 9.34. The van der Waals surface area contributed by atoms with E-state index in [1.165, 1.54) is 18.3 Å². The first-order valence-electron chi connectivity index (χ1n) is 4.26. The van der Waals surface area contributed by atoms with Crippen LogP contribution in [-0.4, -0.2) is 4.98 Å². The van der Waals surface area contributed by atoms with Gasteiger partial charge in [0.05, 0.1) is 11.8 Å².